The Hall–Kier alpha value is -1.52. The normalized spacial score (nSPS) is 12.9. The Morgan fingerprint density at radius 3 is 2.11 bits per heavy atom. The van der Waals surface area contributed by atoms with Crippen molar-refractivity contribution in [2.24, 2.45) is 0 Å². The molecule has 0 bridgehead atoms. The highest BCUT2D eigenvalue weighted by Gasteiger charge is 2.25. The smallest absolute Gasteiger partial charge is 0.407 e. The van der Waals surface area contributed by atoms with Crippen LogP contribution in [0.4, 0.5) is 4.79 Å². The molecule has 1 amide bonds. The fourth-order valence-electron chi connectivity index (χ4n) is 0.770. The number of ether oxygens (including phenoxy) is 2. The Bertz CT molecular complexity index is 232. The van der Waals surface area contributed by atoms with Crippen LogP contribution in [-0.4, -0.2) is 30.8 Å². The fraction of sp³-hybridized carbons (Fsp3) is 0.692. The summed E-state index contributed by atoms with van der Waals surface area (Å²) in [5.74, 6) is 0. The topological polar surface area (TPSA) is 64.6 Å². The maximum absolute atomic E-state index is 11.0. The van der Waals surface area contributed by atoms with Gasteiger partial charge in [-0.2, -0.15) is 0 Å². The van der Waals surface area contributed by atoms with E-state index < -0.39 is 0 Å². The van der Waals surface area contributed by atoms with Gasteiger partial charge in [0.05, 0.1) is 6.61 Å². The van der Waals surface area contributed by atoms with E-state index in [1.165, 1.54) is 0 Å². The minimum Gasteiger partial charge on any atom is -0.468 e. The van der Waals surface area contributed by atoms with Crippen LogP contribution in [0.15, 0.2) is 13.2 Å². The molecule has 0 aromatic rings. The summed E-state index contributed by atoms with van der Waals surface area (Å²) in [6.07, 6.45) is 1.90. The Kier molecular flexibility index (Phi) is 11.1. The van der Waals surface area contributed by atoms with Crippen molar-refractivity contribution in [3.8, 4) is 0 Å². The highest BCUT2D eigenvalue weighted by atomic mass is 16.6. The van der Waals surface area contributed by atoms with Gasteiger partial charge >= 0.3 is 6.09 Å². The molecule has 5 nitrogen and oxygen atoms in total. The van der Waals surface area contributed by atoms with Crippen LogP contribution in [-0.2, 0) is 14.3 Å². The second kappa shape index (κ2) is 10.6. The van der Waals surface area contributed by atoms with E-state index in [-0.39, 0.29) is 11.7 Å². The third-order valence-corrected chi connectivity index (χ3v) is 1.53. The van der Waals surface area contributed by atoms with Crippen molar-refractivity contribution in [2.75, 3.05) is 6.61 Å². The molecule has 0 unspecified atom stereocenters. The third kappa shape index (κ3) is 16.9. The van der Waals surface area contributed by atoms with Crippen molar-refractivity contribution < 1.29 is 19.1 Å². The van der Waals surface area contributed by atoms with E-state index in [0.29, 0.717) is 19.1 Å². The van der Waals surface area contributed by atoms with E-state index in [2.05, 4.69) is 23.2 Å². The van der Waals surface area contributed by atoms with E-state index in [0.717, 1.165) is 12.8 Å². The van der Waals surface area contributed by atoms with Crippen LogP contribution in [0.25, 0.3) is 0 Å². The summed E-state index contributed by atoms with van der Waals surface area (Å²) in [6.45, 7) is 14.2. The summed E-state index contributed by atoms with van der Waals surface area (Å²) >= 11 is 0. The van der Waals surface area contributed by atoms with Crippen molar-refractivity contribution >= 4 is 12.6 Å². The lowest BCUT2D eigenvalue weighted by molar-refractivity contribution is -0.128. The molecule has 1 fully saturated rings. The molecule has 0 aromatic heterocycles. The highest BCUT2D eigenvalue weighted by molar-refractivity contribution is 5.68. The Morgan fingerprint density at radius 2 is 1.89 bits per heavy atom. The number of nitrogens with one attached hydrogen (secondary N) is 1. The van der Waals surface area contributed by atoms with Crippen LogP contribution < -0.4 is 5.32 Å². The molecule has 18 heavy (non-hydrogen) atoms. The predicted octanol–water partition coefficient (Wildman–Crippen LogP) is 2.66. The lowest BCUT2D eigenvalue weighted by atomic mass is 10.2. The SMILES string of the molecule is C=C.CC(C)(C)OC(=O)NC1CC1.CCOC=O. The summed E-state index contributed by atoms with van der Waals surface area (Å²) in [6, 6.07) is 0.379. The van der Waals surface area contributed by atoms with Gasteiger partial charge in [0.2, 0.25) is 0 Å². The molecule has 1 aliphatic rings. The van der Waals surface area contributed by atoms with Crippen molar-refractivity contribution in [1.29, 1.82) is 0 Å². The van der Waals surface area contributed by atoms with Crippen molar-refractivity contribution in [2.45, 2.75) is 52.2 Å². The summed E-state index contributed by atoms with van der Waals surface area (Å²) < 4.78 is 9.19. The van der Waals surface area contributed by atoms with Crippen LogP contribution >= 0.6 is 0 Å². The van der Waals surface area contributed by atoms with Crippen molar-refractivity contribution in [3.05, 3.63) is 13.2 Å². The molecule has 0 aromatic carbocycles. The number of rotatable bonds is 3. The first-order valence-electron chi connectivity index (χ1n) is 5.93. The van der Waals surface area contributed by atoms with Crippen LogP contribution in [0.1, 0.15) is 40.5 Å². The molecule has 0 spiro atoms. The van der Waals surface area contributed by atoms with E-state index in [9.17, 15) is 9.59 Å². The Balaban J connectivity index is 0. The van der Waals surface area contributed by atoms with Crippen LogP contribution in [0.3, 0.4) is 0 Å². The van der Waals surface area contributed by atoms with Gasteiger partial charge in [-0.1, -0.05) is 0 Å². The van der Waals surface area contributed by atoms with Gasteiger partial charge in [-0.3, -0.25) is 4.79 Å². The zero-order chi connectivity index (χ0) is 14.6. The fourth-order valence-corrected chi connectivity index (χ4v) is 0.770. The zero-order valence-electron chi connectivity index (χ0n) is 11.8. The van der Waals surface area contributed by atoms with Gasteiger partial charge in [0.1, 0.15) is 5.60 Å². The Morgan fingerprint density at radius 1 is 1.39 bits per heavy atom. The van der Waals surface area contributed by atoms with Crippen LogP contribution in [0.2, 0.25) is 0 Å². The number of carbonyl (C=O) groups excluding carboxylic acids is 2. The van der Waals surface area contributed by atoms with E-state index in [1.54, 1.807) is 6.92 Å². The first kappa shape index (κ1) is 18.8. The van der Waals surface area contributed by atoms with E-state index in [4.69, 9.17) is 4.74 Å². The number of amides is 1. The first-order valence-corrected chi connectivity index (χ1v) is 5.93. The quantitative estimate of drug-likeness (QED) is 0.625. The number of hydrogen-bond donors (Lipinski definition) is 1. The predicted molar refractivity (Wildman–Crippen MR) is 71.3 cm³/mol. The second-order valence-corrected chi connectivity index (χ2v) is 4.47. The average Bonchev–Trinajstić information content (AvgIpc) is 3.04. The van der Waals surface area contributed by atoms with Gasteiger partial charge in [-0.05, 0) is 40.5 Å². The van der Waals surface area contributed by atoms with Crippen molar-refractivity contribution in [1.82, 2.24) is 5.32 Å². The Labute approximate surface area is 110 Å². The average molecular weight is 259 g/mol. The molecule has 1 N–H and O–H groups in total. The molecule has 0 atom stereocenters. The third-order valence-electron chi connectivity index (χ3n) is 1.53. The number of alkyl carbamates (subject to hydrolysis) is 1. The maximum Gasteiger partial charge on any atom is 0.407 e. The van der Waals surface area contributed by atoms with Gasteiger partial charge in [-0.25, -0.2) is 4.79 Å². The van der Waals surface area contributed by atoms with Gasteiger partial charge in [0.15, 0.2) is 0 Å². The summed E-state index contributed by atoms with van der Waals surface area (Å²) in [5.41, 5.74) is -0.376. The molecule has 1 aliphatic carbocycles. The standard InChI is InChI=1S/C8H15NO2.C3H6O2.C2H4/c1-8(2,3)11-7(10)9-6-4-5-6;1-2-5-3-4;1-2/h6H,4-5H2,1-3H3,(H,9,10);3H,2H2,1H3;1-2H2. The molecule has 0 radical (unpaired) electrons. The van der Waals surface area contributed by atoms with Crippen molar-refractivity contribution in [3.63, 3.8) is 0 Å². The molecular weight excluding hydrogens is 234 g/mol. The lowest BCUT2D eigenvalue weighted by Crippen LogP contribution is -2.33. The number of carbonyl (C=O) groups is 2. The monoisotopic (exact) mass is 259 g/mol. The molecule has 0 saturated heterocycles. The molecule has 106 valence electrons. The first-order chi connectivity index (χ1) is 8.39. The van der Waals surface area contributed by atoms with Gasteiger partial charge in [0, 0.05) is 6.04 Å². The molecule has 0 heterocycles. The van der Waals surface area contributed by atoms with E-state index in [1.807, 2.05) is 20.8 Å². The zero-order valence-corrected chi connectivity index (χ0v) is 11.8. The summed E-state index contributed by atoms with van der Waals surface area (Å²) in [5, 5.41) is 2.75. The minimum absolute atomic E-state index is 0.292. The van der Waals surface area contributed by atoms with Gasteiger partial charge in [0.25, 0.3) is 6.47 Å². The summed E-state index contributed by atoms with van der Waals surface area (Å²) in [7, 11) is 0. The van der Waals surface area contributed by atoms with Crippen LogP contribution in [0.5, 0.6) is 0 Å². The molecular formula is C13H25NO4. The second-order valence-electron chi connectivity index (χ2n) is 4.47. The molecule has 0 aliphatic heterocycles. The molecule has 1 saturated carbocycles. The molecule has 1 rings (SSSR count). The van der Waals surface area contributed by atoms with Gasteiger partial charge < -0.3 is 14.8 Å². The maximum atomic E-state index is 11.0. The van der Waals surface area contributed by atoms with E-state index >= 15 is 0 Å². The number of hydrogen-bond acceptors (Lipinski definition) is 4. The van der Waals surface area contributed by atoms with Gasteiger partial charge in [-0.15, -0.1) is 13.2 Å². The lowest BCUT2D eigenvalue weighted by Gasteiger charge is -2.19. The largest absolute Gasteiger partial charge is 0.468 e. The minimum atomic E-state index is -0.376. The highest BCUT2D eigenvalue weighted by Crippen LogP contribution is 2.19. The summed E-state index contributed by atoms with van der Waals surface area (Å²) in [4.78, 5) is 20.2. The van der Waals surface area contributed by atoms with Crippen LogP contribution in [0, 0.1) is 0 Å². The molecule has 5 heteroatoms.